The molecule has 2 aromatic carbocycles. The van der Waals surface area contributed by atoms with Crippen molar-refractivity contribution in [3.63, 3.8) is 0 Å². The Kier molecular flexibility index (Phi) is 7.43. The summed E-state index contributed by atoms with van der Waals surface area (Å²) in [5.41, 5.74) is 5.21. The molecule has 0 aromatic heterocycles. The quantitative estimate of drug-likeness (QED) is 0.592. The van der Waals surface area contributed by atoms with Crippen molar-refractivity contribution in [1.29, 1.82) is 0 Å². The fourth-order valence-corrected chi connectivity index (χ4v) is 3.61. The second kappa shape index (κ2) is 9.24. The molecule has 2 aromatic rings. The zero-order valence-corrected chi connectivity index (χ0v) is 18.4. The number of alkyl halides is 3. The van der Waals surface area contributed by atoms with Gasteiger partial charge in [0.05, 0.1) is 11.4 Å². The minimum Gasteiger partial charge on any atom is -0.274 e. The fraction of sp³-hybridized carbons (Fsp3) is 0.364. The van der Waals surface area contributed by atoms with Crippen molar-refractivity contribution in [3.05, 3.63) is 64.7 Å². The number of hydrazine groups is 1. The molecule has 1 heterocycles. The molecule has 1 aliphatic rings. The molecule has 0 saturated carbocycles. The van der Waals surface area contributed by atoms with Crippen LogP contribution in [0, 0.1) is 20.8 Å². The first-order valence-corrected chi connectivity index (χ1v) is 10.4. The van der Waals surface area contributed by atoms with E-state index in [2.05, 4.69) is 0 Å². The smallest absolute Gasteiger partial charge is 0.274 e. The van der Waals surface area contributed by atoms with Crippen molar-refractivity contribution in [2.45, 2.75) is 51.7 Å². The number of rotatable bonds is 3. The Labute approximate surface area is 175 Å². The number of anilines is 1. The Morgan fingerprint density at radius 2 is 1.48 bits per heavy atom. The highest BCUT2D eigenvalue weighted by Gasteiger charge is 2.47. The fourth-order valence-electron chi connectivity index (χ4n) is 3.32. The van der Waals surface area contributed by atoms with E-state index >= 15 is 0 Å². The van der Waals surface area contributed by atoms with E-state index in [1.165, 1.54) is 18.1 Å². The summed E-state index contributed by atoms with van der Waals surface area (Å²) in [5.74, 6) is 0. The average Bonchev–Trinajstić information content (AvgIpc) is 3.05. The SMILES string of the molecule is CC.Cc1cc(C2=CC(C(F)(F)F)N(C)N2c2ccc(SN)cc2)cc(C)c1C. The van der Waals surface area contributed by atoms with Crippen LogP contribution < -0.4 is 10.1 Å². The van der Waals surface area contributed by atoms with Crippen LogP contribution in [0.15, 0.2) is 47.4 Å². The summed E-state index contributed by atoms with van der Waals surface area (Å²) in [6, 6.07) is 9.38. The number of benzene rings is 2. The van der Waals surface area contributed by atoms with E-state index in [0.717, 1.165) is 39.1 Å². The molecule has 7 heteroatoms. The largest absolute Gasteiger partial charge is 0.409 e. The van der Waals surface area contributed by atoms with Gasteiger partial charge in [0.1, 0.15) is 6.04 Å². The van der Waals surface area contributed by atoms with Gasteiger partial charge in [-0.05, 0) is 97.4 Å². The van der Waals surface area contributed by atoms with Crippen LogP contribution in [-0.4, -0.2) is 24.3 Å². The monoisotopic (exact) mass is 423 g/mol. The highest BCUT2D eigenvalue weighted by molar-refractivity contribution is 7.97. The molecule has 1 unspecified atom stereocenters. The van der Waals surface area contributed by atoms with Crippen molar-refractivity contribution in [2.24, 2.45) is 5.14 Å². The molecular formula is C22H28F3N3S. The number of hydrogen-bond donors (Lipinski definition) is 1. The molecule has 3 rings (SSSR count). The van der Waals surface area contributed by atoms with Gasteiger partial charge in [0.2, 0.25) is 0 Å². The molecule has 0 fully saturated rings. The summed E-state index contributed by atoms with van der Waals surface area (Å²) in [6.07, 6.45) is -3.08. The van der Waals surface area contributed by atoms with Gasteiger partial charge in [-0.15, -0.1) is 0 Å². The van der Waals surface area contributed by atoms with Crippen LogP contribution >= 0.6 is 11.9 Å². The van der Waals surface area contributed by atoms with Gasteiger partial charge in [-0.1, -0.05) is 13.8 Å². The molecule has 0 aliphatic carbocycles. The van der Waals surface area contributed by atoms with Gasteiger partial charge in [-0.25, -0.2) is 5.01 Å². The Morgan fingerprint density at radius 3 is 1.93 bits per heavy atom. The van der Waals surface area contributed by atoms with Crippen LogP contribution in [0.2, 0.25) is 0 Å². The minimum absolute atomic E-state index is 0.527. The molecule has 1 aliphatic heterocycles. The first kappa shape index (κ1) is 23.3. The van der Waals surface area contributed by atoms with Crippen molar-refractivity contribution in [2.75, 3.05) is 12.1 Å². The maximum absolute atomic E-state index is 13.6. The molecule has 2 N–H and O–H groups in total. The molecule has 0 amide bonds. The molecular weight excluding hydrogens is 395 g/mol. The van der Waals surface area contributed by atoms with Gasteiger partial charge in [-0.3, -0.25) is 10.1 Å². The average molecular weight is 424 g/mol. The first-order valence-electron chi connectivity index (χ1n) is 9.50. The van der Waals surface area contributed by atoms with Gasteiger partial charge >= 0.3 is 6.18 Å². The highest BCUT2D eigenvalue weighted by atomic mass is 32.2. The van der Waals surface area contributed by atoms with Crippen LogP contribution in [-0.2, 0) is 0 Å². The summed E-state index contributed by atoms with van der Waals surface area (Å²) in [7, 11) is 1.46. The van der Waals surface area contributed by atoms with E-state index < -0.39 is 12.2 Å². The molecule has 0 spiro atoms. The van der Waals surface area contributed by atoms with Crippen molar-refractivity contribution in [1.82, 2.24) is 5.01 Å². The third-order valence-corrected chi connectivity index (χ3v) is 5.58. The van der Waals surface area contributed by atoms with Gasteiger partial charge in [0.15, 0.2) is 0 Å². The predicted octanol–water partition coefficient (Wildman–Crippen LogP) is 6.24. The molecule has 3 nitrogen and oxygen atoms in total. The molecule has 0 bridgehead atoms. The molecule has 1 atom stereocenters. The Hall–Kier alpha value is -1.96. The number of aryl methyl sites for hydroxylation is 2. The highest BCUT2D eigenvalue weighted by Crippen LogP contribution is 2.40. The van der Waals surface area contributed by atoms with Crippen LogP contribution in [0.3, 0.4) is 0 Å². The zero-order chi connectivity index (χ0) is 21.9. The van der Waals surface area contributed by atoms with Crippen molar-refractivity contribution < 1.29 is 13.2 Å². The minimum atomic E-state index is -4.36. The van der Waals surface area contributed by atoms with E-state index in [0.29, 0.717) is 11.4 Å². The third-order valence-electron chi connectivity index (χ3n) is 5.04. The summed E-state index contributed by atoms with van der Waals surface area (Å²) >= 11 is 1.10. The van der Waals surface area contributed by atoms with Gasteiger partial charge < -0.3 is 0 Å². The van der Waals surface area contributed by atoms with E-state index in [4.69, 9.17) is 5.14 Å². The predicted molar refractivity (Wildman–Crippen MR) is 117 cm³/mol. The van der Waals surface area contributed by atoms with Crippen LogP contribution in [0.1, 0.15) is 36.1 Å². The third kappa shape index (κ3) is 4.79. The zero-order valence-electron chi connectivity index (χ0n) is 17.6. The molecule has 29 heavy (non-hydrogen) atoms. The first-order chi connectivity index (χ1) is 13.6. The lowest BCUT2D eigenvalue weighted by Gasteiger charge is -2.33. The second-order valence-electron chi connectivity index (χ2n) is 6.77. The van der Waals surface area contributed by atoms with Crippen LogP contribution in [0.5, 0.6) is 0 Å². The summed E-state index contributed by atoms with van der Waals surface area (Å²) in [5, 5.41) is 8.40. The summed E-state index contributed by atoms with van der Waals surface area (Å²) in [4.78, 5) is 0.848. The van der Waals surface area contributed by atoms with Crippen molar-refractivity contribution >= 4 is 23.3 Å². The van der Waals surface area contributed by atoms with Gasteiger partial charge in [-0.2, -0.15) is 13.2 Å². The maximum atomic E-state index is 13.6. The van der Waals surface area contributed by atoms with Gasteiger partial charge in [0, 0.05) is 11.9 Å². The normalized spacial score (nSPS) is 17.1. The summed E-state index contributed by atoms with van der Waals surface area (Å²) in [6.45, 7) is 9.97. The molecule has 0 saturated heterocycles. The topological polar surface area (TPSA) is 32.5 Å². The van der Waals surface area contributed by atoms with E-state index in [1.54, 1.807) is 29.3 Å². The standard InChI is InChI=1S/C20H22F3N3S.C2H6/c1-12-9-15(10-13(2)14(12)3)18-11-19(20(21,22)23)25(4)26(18)16-5-7-17(27-24)8-6-16;1-2/h5-11,19H,24H2,1-4H3;1-2H3. The lowest BCUT2D eigenvalue weighted by molar-refractivity contribution is -0.164. The lowest BCUT2D eigenvalue weighted by atomic mass is 9.98. The van der Waals surface area contributed by atoms with Crippen molar-refractivity contribution in [3.8, 4) is 0 Å². The Balaban J connectivity index is 0.00000145. The summed E-state index contributed by atoms with van der Waals surface area (Å²) < 4.78 is 40.8. The van der Waals surface area contributed by atoms with Crippen LogP contribution in [0.25, 0.3) is 5.70 Å². The second-order valence-corrected chi connectivity index (χ2v) is 7.48. The van der Waals surface area contributed by atoms with E-state index in [9.17, 15) is 13.2 Å². The van der Waals surface area contributed by atoms with Crippen LogP contribution in [0.4, 0.5) is 18.9 Å². The van der Waals surface area contributed by atoms with Gasteiger partial charge in [0.25, 0.3) is 0 Å². The Morgan fingerprint density at radius 1 is 0.966 bits per heavy atom. The maximum Gasteiger partial charge on any atom is 0.409 e. The number of hydrogen-bond acceptors (Lipinski definition) is 4. The number of likely N-dealkylation sites (N-methyl/N-ethyl adjacent to an activating group) is 1. The Bertz CT molecular complexity index is 853. The van der Waals surface area contributed by atoms with E-state index in [-0.39, 0.29) is 0 Å². The number of nitrogens with two attached hydrogens (primary N) is 1. The molecule has 158 valence electrons. The molecule has 0 radical (unpaired) electrons. The van der Waals surface area contributed by atoms with E-state index in [1.807, 2.05) is 46.8 Å². The number of nitrogens with zero attached hydrogens (tertiary/aromatic N) is 2. The number of halogens is 3. The lowest BCUT2D eigenvalue weighted by Crippen LogP contribution is -2.46.